The van der Waals surface area contributed by atoms with Gasteiger partial charge in [0.25, 0.3) is 0 Å². The third kappa shape index (κ3) is 5.22. The van der Waals surface area contributed by atoms with E-state index in [9.17, 15) is 9.59 Å². The lowest BCUT2D eigenvalue weighted by atomic mass is 10.1. The fraction of sp³-hybridized carbons (Fsp3) is 0.435. The predicted molar refractivity (Wildman–Crippen MR) is 119 cm³/mol. The summed E-state index contributed by atoms with van der Waals surface area (Å²) in [7, 11) is 0. The number of amides is 1. The van der Waals surface area contributed by atoms with Crippen LogP contribution in [0.3, 0.4) is 0 Å². The Kier molecular flexibility index (Phi) is 6.94. The molecule has 1 aliphatic heterocycles. The number of nitrogens with one attached hydrogen (secondary N) is 1. The summed E-state index contributed by atoms with van der Waals surface area (Å²) in [6, 6.07) is 12.7. The van der Waals surface area contributed by atoms with Gasteiger partial charge in [0.05, 0.1) is 6.61 Å². The Morgan fingerprint density at radius 2 is 1.88 bits per heavy atom. The van der Waals surface area contributed by atoms with Crippen LogP contribution in [0.1, 0.15) is 37.6 Å². The number of esters is 1. The molecule has 3 heterocycles. The van der Waals surface area contributed by atoms with E-state index in [-0.39, 0.29) is 18.9 Å². The van der Waals surface area contributed by atoms with E-state index in [1.54, 1.807) is 11.4 Å². The van der Waals surface area contributed by atoms with E-state index in [0.717, 1.165) is 24.5 Å². The van der Waals surface area contributed by atoms with Crippen molar-refractivity contribution in [1.29, 1.82) is 0 Å². The van der Waals surface area contributed by atoms with Crippen LogP contribution in [0.4, 0.5) is 5.82 Å². The van der Waals surface area contributed by atoms with E-state index >= 15 is 0 Å². The molecule has 1 amide bonds. The second-order valence-corrected chi connectivity index (χ2v) is 7.83. The summed E-state index contributed by atoms with van der Waals surface area (Å²) in [5.74, 6) is 0.832. The van der Waals surface area contributed by atoms with E-state index in [2.05, 4.69) is 25.5 Å². The Bertz CT molecular complexity index is 1060. The molecule has 1 N–H and O–H groups in total. The molecule has 0 bridgehead atoms. The lowest BCUT2D eigenvalue weighted by Gasteiger charge is -2.17. The summed E-state index contributed by atoms with van der Waals surface area (Å²) >= 11 is 0. The summed E-state index contributed by atoms with van der Waals surface area (Å²) in [5.41, 5.74) is 1.60. The summed E-state index contributed by atoms with van der Waals surface area (Å²) in [4.78, 5) is 27.3. The first kappa shape index (κ1) is 21.7. The normalized spacial score (nSPS) is 14.5. The van der Waals surface area contributed by atoms with Crippen molar-refractivity contribution >= 4 is 23.3 Å². The maximum absolute atomic E-state index is 12.7. The number of benzene rings is 1. The van der Waals surface area contributed by atoms with E-state index in [4.69, 9.17) is 4.74 Å². The van der Waals surface area contributed by atoms with Gasteiger partial charge in [0, 0.05) is 32.4 Å². The molecule has 2 aromatic heterocycles. The van der Waals surface area contributed by atoms with Gasteiger partial charge in [-0.15, -0.1) is 15.3 Å². The highest BCUT2D eigenvalue weighted by Crippen LogP contribution is 2.18. The first-order valence-electron chi connectivity index (χ1n) is 11.1. The molecule has 1 aliphatic rings. The van der Waals surface area contributed by atoms with Crippen molar-refractivity contribution in [3.63, 3.8) is 0 Å². The van der Waals surface area contributed by atoms with Gasteiger partial charge in [-0.3, -0.25) is 4.79 Å². The lowest BCUT2D eigenvalue weighted by Crippen LogP contribution is -2.43. The third-order valence-corrected chi connectivity index (χ3v) is 5.51. The zero-order valence-corrected chi connectivity index (χ0v) is 18.2. The Balaban J connectivity index is 1.40. The second kappa shape index (κ2) is 10.2. The smallest absolute Gasteiger partial charge is 0.328 e. The highest BCUT2D eigenvalue weighted by Gasteiger charge is 2.23. The molecule has 1 aromatic carbocycles. The van der Waals surface area contributed by atoms with Crippen molar-refractivity contribution in [1.82, 2.24) is 25.1 Å². The van der Waals surface area contributed by atoms with E-state index in [1.165, 1.54) is 12.8 Å². The van der Waals surface area contributed by atoms with Crippen LogP contribution >= 0.6 is 0 Å². The first-order chi connectivity index (χ1) is 15.6. The molecule has 3 aromatic rings. The third-order valence-electron chi connectivity index (χ3n) is 5.51. The van der Waals surface area contributed by atoms with Crippen molar-refractivity contribution < 1.29 is 14.3 Å². The lowest BCUT2D eigenvalue weighted by molar-refractivity contribution is -0.147. The summed E-state index contributed by atoms with van der Waals surface area (Å²) in [5, 5.41) is 15.9. The van der Waals surface area contributed by atoms with E-state index in [1.807, 2.05) is 42.5 Å². The molecule has 9 heteroatoms. The van der Waals surface area contributed by atoms with Crippen molar-refractivity contribution in [2.75, 3.05) is 24.6 Å². The number of hydrogen-bond donors (Lipinski definition) is 1. The van der Waals surface area contributed by atoms with Gasteiger partial charge in [-0.25, -0.2) is 4.79 Å². The molecule has 0 radical (unpaired) electrons. The molecule has 4 rings (SSSR count). The molecule has 1 saturated heterocycles. The second-order valence-electron chi connectivity index (χ2n) is 7.83. The Morgan fingerprint density at radius 1 is 1.09 bits per heavy atom. The number of aryl methyl sites for hydroxylation is 1. The van der Waals surface area contributed by atoms with Crippen LogP contribution < -0.4 is 10.2 Å². The van der Waals surface area contributed by atoms with Crippen molar-refractivity contribution in [3.05, 3.63) is 53.9 Å². The number of rotatable bonds is 9. The molecule has 0 spiro atoms. The highest BCUT2D eigenvalue weighted by molar-refractivity contribution is 5.84. The molecule has 0 aliphatic carbocycles. The molecule has 0 unspecified atom stereocenters. The van der Waals surface area contributed by atoms with Crippen LogP contribution in [0.15, 0.2) is 42.5 Å². The van der Waals surface area contributed by atoms with Crippen LogP contribution in [-0.2, 0) is 27.2 Å². The van der Waals surface area contributed by atoms with Gasteiger partial charge < -0.3 is 15.0 Å². The van der Waals surface area contributed by atoms with Gasteiger partial charge in [0.2, 0.25) is 5.91 Å². The van der Waals surface area contributed by atoms with Gasteiger partial charge in [-0.1, -0.05) is 30.3 Å². The average molecular weight is 437 g/mol. The van der Waals surface area contributed by atoms with Crippen LogP contribution in [0.25, 0.3) is 5.65 Å². The number of aromatic nitrogens is 4. The minimum absolute atomic E-state index is 0.168. The maximum Gasteiger partial charge on any atom is 0.328 e. The average Bonchev–Trinajstić information content (AvgIpc) is 3.48. The molecule has 9 nitrogen and oxygen atoms in total. The number of carbonyl (C=O) groups excluding carboxylic acids is 2. The van der Waals surface area contributed by atoms with E-state index in [0.29, 0.717) is 24.3 Å². The van der Waals surface area contributed by atoms with Crippen LogP contribution in [0.5, 0.6) is 0 Å². The fourth-order valence-electron chi connectivity index (χ4n) is 3.87. The van der Waals surface area contributed by atoms with Gasteiger partial charge in [0.15, 0.2) is 11.5 Å². The molecule has 168 valence electrons. The Labute approximate surface area is 186 Å². The Hall–Kier alpha value is -3.49. The first-order valence-corrected chi connectivity index (χ1v) is 11.1. The zero-order valence-electron chi connectivity index (χ0n) is 18.2. The quantitative estimate of drug-likeness (QED) is 0.512. The monoisotopic (exact) mass is 436 g/mol. The van der Waals surface area contributed by atoms with Crippen molar-refractivity contribution in [2.24, 2.45) is 0 Å². The van der Waals surface area contributed by atoms with Crippen LogP contribution in [-0.4, -0.2) is 57.4 Å². The fourth-order valence-corrected chi connectivity index (χ4v) is 3.87. The summed E-state index contributed by atoms with van der Waals surface area (Å²) in [6.07, 6.45) is 3.24. The van der Waals surface area contributed by atoms with Crippen molar-refractivity contribution in [2.45, 2.75) is 45.1 Å². The van der Waals surface area contributed by atoms with Gasteiger partial charge in [-0.2, -0.15) is 4.52 Å². The Morgan fingerprint density at radius 3 is 2.62 bits per heavy atom. The minimum Gasteiger partial charge on any atom is -0.464 e. The van der Waals surface area contributed by atoms with E-state index < -0.39 is 12.0 Å². The predicted octanol–water partition coefficient (Wildman–Crippen LogP) is 1.95. The van der Waals surface area contributed by atoms with Gasteiger partial charge in [-0.05, 0) is 37.5 Å². The molecule has 32 heavy (non-hydrogen) atoms. The SMILES string of the molecule is CCOC(=O)[C@@H](Cc1ccccc1)NC(=O)CCc1nnc2ccc(N3CCCC3)nn12. The number of ether oxygens (including phenoxy) is 1. The molecular weight excluding hydrogens is 408 g/mol. The minimum atomic E-state index is -0.736. The van der Waals surface area contributed by atoms with Crippen LogP contribution in [0.2, 0.25) is 0 Å². The molecular formula is C23H28N6O3. The largest absolute Gasteiger partial charge is 0.464 e. The molecule has 0 saturated carbocycles. The summed E-state index contributed by atoms with van der Waals surface area (Å²) < 4.78 is 6.85. The topological polar surface area (TPSA) is 102 Å². The van der Waals surface area contributed by atoms with Gasteiger partial charge >= 0.3 is 5.97 Å². The summed E-state index contributed by atoms with van der Waals surface area (Å²) in [6.45, 7) is 4.00. The maximum atomic E-state index is 12.7. The zero-order chi connectivity index (χ0) is 22.3. The van der Waals surface area contributed by atoms with Crippen molar-refractivity contribution in [3.8, 4) is 0 Å². The number of carbonyl (C=O) groups is 2. The molecule has 1 atom stereocenters. The van der Waals surface area contributed by atoms with Gasteiger partial charge in [0.1, 0.15) is 11.9 Å². The number of anilines is 1. The number of hydrogen-bond acceptors (Lipinski definition) is 7. The number of fused-ring (bicyclic) bond motifs is 1. The molecule has 1 fully saturated rings. The number of nitrogens with zero attached hydrogens (tertiary/aromatic N) is 5. The highest BCUT2D eigenvalue weighted by atomic mass is 16.5. The van der Waals surface area contributed by atoms with Crippen LogP contribution in [0, 0.1) is 0 Å². The standard InChI is InChI=1S/C23H28N6O3/c1-2-32-23(31)18(16-17-8-4-3-5-9-17)24-22(30)13-12-20-26-25-19-10-11-21(27-29(19)20)28-14-6-7-15-28/h3-5,8-11,18H,2,6-7,12-16H2,1H3,(H,24,30)/t18-/m1/s1.